The van der Waals surface area contributed by atoms with Crippen LogP contribution in [0.15, 0.2) is 18.2 Å². The summed E-state index contributed by atoms with van der Waals surface area (Å²) in [5, 5.41) is 0. The Hall–Kier alpha value is -1.16. The fourth-order valence-corrected chi connectivity index (χ4v) is 2.32. The second kappa shape index (κ2) is 4.57. The van der Waals surface area contributed by atoms with Crippen LogP contribution in [0.2, 0.25) is 19.6 Å². The average molecular weight is 225 g/mol. The van der Waals surface area contributed by atoms with Crippen LogP contribution >= 0.6 is 0 Å². The number of rotatable bonds is 4. The first-order valence-corrected chi connectivity index (χ1v) is 8.46. The lowest BCUT2D eigenvalue weighted by Gasteiger charge is -2.21. The molecule has 0 bridgehead atoms. The molecule has 0 atom stereocenters. The standard InChI is InChI=1S/C11H19NO2Si/c1-13-9-6-7-10(11(8-9)14-2)12-15(3,4)5/h6-8,12H,1-5H3. The van der Waals surface area contributed by atoms with Gasteiger partial charge in [-0.05, 0) is 12.1 Å². The first-order valence-electron chi connectivity index (χ1n) is 4.96. The Morgan fingerprint density at radius 2 is 1.73 bits per heavy atom. The number of methoxy groups -OCH3 is 2. The molecule has 0 fully saturated rings. The fraction of sp³-hybridized carbons (Fsp3) is 0.455. The van der Waals surface area contributed by atoms with Crippen molar-refractivity contribution in [2.24, 2.45) is 0 Å². The van der Waals surface area contributed by atoms with Gasteiger partial charge in [0.1, 0.15) is 19.7 Å². The van der Waals surface area contributed by atoms with E-state index in [2.05, 4.69) is 24.6 Å². The zero-order chi connectivity index (χ0) is 11.5. The highest BCUT2D eigenvalue weighted by molar-refractivity contribution is 6.79. The zero-order valence-electron chi connectivity index (χ0n) is 10.0. The Labute approximate surface area is 92.5 Å². The van der Waals surface area contributed by atoms with Gasteiger partial charge in [0, 0.05) is 6.07 Å². The van der Waals surface area contributed by atoms with Crippen LogP contribution in [0, 0.1) is 0 Å². The Kier molecular flexibility index (Phi) is 3.63. The van der Waals surface area contributed by atoms with Crippen molar-refractivity contribution >= 4 is 13.9 Å². The third-order valence-electron chi connectivity index (χ3n) is 1.92. The van der Waals surface area contributed by atoms with Gasteiger partial charge in [-0.1, -0.05) is 19.6 Å². The number of hydrogen-bond acceptors (Lipinski definition) is 3. The molecule has 84 valence electrons. The maximum atomic E-state index is 5.31. The molecule has 0 aliphatic heterocycles. The van der Waals surface area contributed by atoms with Crippen molar-refractivity contribution in [1.82, 2.24) is 0 Å². The number of ether oxygens (including phenoxy) is 2. The molecule has 1 aromatic rings. The van der Waals surface area contributed by atoms with Gasteiger partial charge in [-0.25, -0.2) is 0 Å². The van der Waals surface area contributed by atoms with Gasteiger partial charge < -0.3 is 14.5 Å². The monoisotopic (exact) mass is 225 g/mol. The highest BCUT2D eigenvalue weighted by Gasteiger charge is 2.15. The van der Waals surface area contributed by atoms with Crippen LogP contribution in [-0.2, 0) is 0 Å². The lowest BCUT2D eigenvalue weighted by molar-refractivity contribution is 0.395. The summed E-state index contributed by atoms with van der Waals surface area (Å²) in [5.74, 6) is 1.64. The third-order valence-corrected chi connectivity index (χ3v) is 2.94. The quantitative estimate of drug-likeness (QED) is 0.799. The zero-order valence-corrected chi connectivity index (χ0v) is 11.0. The summed E-state index contributed by atoms with van der Waals surface area (Å²) in [6.45, 7) is 6.74. The minimum atomic E-state index is -1.34. The van der Waals surface area contributed by atoms with E-state index in [1.165, 1.54) is 0 Å². The molecule has 0 radical (unpaired) electrons. The lowest BCUT2D eigenvalue weighted by Crippen LogP contribution is -2.32. The van der Waals surface area contributed by atoms with E-state index in [-0.39, 0.29) is 0 Å². The van der Waals surface area contributed by atoms with Crippen molar-refractivity contribution in [2.75, 3.05) is 19.2 Å². The third kappa shape index (κ3) is 3.47. The van der Waals surface area contributed by atoms with Crippen molar-refractivity contribution < 1.29 is 9.47 Å². The molecule has 0 aliphatic carbocycles. The molecular weight excluding hydrogens is 206 g/mol. The summed E-state index contributed by atoms with van der Waals surface area (Å²) in [6.07, 6.45) is 0. The first-order chi connectivity index (χ1) is 6.96. The molecule has 0 saturated carbocycles. The normalized spacial score (nSPS) is 11.0. The number of anilines is 1. The number of benzene rings is 1. The molecule has 0 spiro atoms. The Balaban J connectivity index is 2.97. The van der Waals surface area contributed by atoms with E-state index in [9.17, 15) is 0 Å². The van der Waals surface area contributed by atoms with Gasteiger partial charge >= 0.3 is 0 Å². The van der Waals surface area contributed by atoms with Crippen LogP contribution < -0.4 is 14.5 Å². The molecule has 1 aromatic carbocycles. The Morgan fingerprint density at radius 3 is 2.20 bits per heavy atom. The molecule has 4 heteroatoms. The van der Waals surface area contributed by atoms with E-state index >= 15 is 0 Å². The second-order valence-corrected chi connectivity index (χ2v) is 9.19. The molecule has 0 aromatic heterocycles. The van der Waals surface area contributed by atoms with E-state index in [4.69, 9.17) is 9.47 Å². The molecule has 0 heterocycles. The summed E-state index contributed by atoms with van der Waals surface area (Å²) in [5.41, 5.74) is 1.04. The van der Waals surface area contributed by atoms with Crippen LogP contribution in [0.25, 0.3) is 0 Å². The molecular formula is C11H19NO2Si. The van der Waals surface area contributed by atoms with Crippen molar-refractivity contribution in [2.45, 2.75) is 19.6 Å². The summed E-state index contributed by atoms with van der Waals surface area (Å²) >= 11 is 0. The summed E-state index contributed by atoms with van der Waals surface area (Å²) in [4.78, 5) is 3.51. The van der Waals surface area contributed by atoms with E-state index in [1.54, 1.807) is 14.2 Å². The minimum Gasteiger partial charge on any atom is -0.497 e. The van der Waals surface area contributed by atoms with Crippen molar-refractivity contribution in [3.05, 3.63) is 18.2 Å². The van der Waals surface area contributed by atoms with E-state index in [1.807, 2.05) is 18.2 Å². The maximum absolute atomic E-state index is 5.31. The van der Waals surface area contributed by atoms with Crippen LogP contribution in [0.1, 0.15) is 0 Å². The van der Waals surface area contributed by atoms with Crippen LogP contribution in [0.4, 0.5) is 5.69 Å². The summed E-state index contributed by atoms with van der Waals surface area (Å²) in [7, 11) is 1.98. The van der Waals surface area contributed by atoms with Gasteiger partial charge in [-0.2, -0.15) is 0 Å². The van der Waals surface area contributed by atoms with Gasteiger partial charge in [0.25, 0.3) is 0 Å². The maximum Gasteiger partial charge on any atom is 0.144 e. The molecule has 1 N–H and O–H groups in total. The topological polar surface area (TPSA) is 30.5 Å². The van der Waals surface area contributed by atoms with E-state index in [0.717, 1.165) is 17.2 Å². The largest absolute Gasteiger partial charge is 0.497 e. The van der Waals surface area contributed by atoms with Gasteiger partial charge in [0.2, 0.25) is 0 Å². The van der Waals surface area contributed by atoms with Crippen LogP contribution in [0.5, 0.6) is 11.5 Å². The average Bonchev–Trinajstić information content (AvgIpc) is 2.16. The van der Waals surface area contributed by atoms with E-state index in [0.29, 0.717) is 0 Å². The molecule has 1 rings (SSSR count). The van der Waals surface area contributed by atoms with Crippen LogP contribution in [-0.4, -0.2) is 22.5 Å². The second-order valence-electron chi connectivity index (χ2n) is 4.44. The Bertz CT molecular complexity index is 334. The molecule has 0 aliphatic rings. The van der Waals surface area contributed by atoms with Gasteiger partial charge in [0.05, 0.1) is 19.9 Å². The SMILES string of the molecule is COc1ccc(N[Si](C)(C)C)c(OC)c1. The van der Waals surface area contributed by atoms with Crippen molar-refractivity contribution in [3.8, 4) is 11.5 Å². The number of hydrogen-bond donors (Lipinski definition) is 1. The molecule has 0 saturated heterocycles. The summed E-state index contributed by atoms with van der Waals surface area (Å²) < 4.78 is 10.5. The fourth-order valence-electron chi connectivity index (χ4n) is 1.31. The predicted octanol–water partition coefficient (Wildman–Crippen LogP) is 2.95. The van der Waals surface area contributed by atoms with Crippen molar-refractivity contribution in [3.63, 3.8) is 0 Å². The highest BCUT2D eigenvalue weighted by atomic mass is 28.3. The molecule has 0 amide bonds. The van der Waals surface area contributed by atoms with Gasteiger partial charge in [-0.3, -0.25) is 0 Å². The van der Waals surface area contributed by atoms with E-state index < -0.39 is 8.24 Å². The summed E-state index contributed by atoms with van der Waals surface area (Å²) in [6, 6.07) is 5.82. The van der Waals surface area contributed by atoms with Gasteiger partial charge in [0.15, 0.2) is 0 Å². The van der Waals surface area contributed by atoms with Gasteiger partial charge in [-0.15, -0.1) is 0 Å². The lowest BCUT2D eigenvalue weighted by atomic mass is 10.3. The van der Waals surface area contributed by atoms with Crippen LogP contribution in [0.3, 0.4) is 0 Å². The molecule has 0 unspecified atom stereocenters. The minimum absolute atomic E-state index is 0.813. The smallest absolute Gasteiger partial charge is 0.144 e. The number of nitrogens with one attached hydrogen (secondary N) is 1. The molecule has 3 nitrogen and oxygen atoms in total. The Morgan fingerprint density at radius 1 is 1.07 bits per heavy atom. The predicted molar refractivity (Wildman–Crippen MR) is 66.5 cm³/mol. The molecule has 15 heavy (non-hydrogen) atoms. The highest BCUT2D eigenvalue weighted by Crippen LogP contribution is 2.30. The van der Waals surface area contributed by atoms with Crippen molar-refractivity contribution in [1.29, 1.82) is 0 Å². The first kappa shape index (κ1) is 11.9.